The van der Waals surface area contributed by atoms with Crippen molar-refractivity contribution in [2.24, 2.45) is 7.05 Å². The zero-order valence-corrected chi connectivity index (χ0v) is 15.3. The van der Waals surface area contributed by atoms with E-state index < -0.39 is 12.1 Å². The van der Waals surface area contributed by atoms with Gasteiger partial charge in [0.1, 0.15) is 5.69 Å². The molecule has 1 amide bonds. The number of amides is 1. The number of thiazole rings is 1. The van der Waals surface area contributed by atoms with Crippen molar-refractivity contribution < 1.29 is 32.6 Å². The van der Waals surface area contributed by atoms with Crippen molar-refractivity contribution >= 4 is 23.2 Å². The van der Waals surface area contributed by atoms with Crippen molar-refractivity contribution in [1.82, 2.24) is 19.7 Å². The second-order valence-electron chi connectivity index (χ2n) is 5.57. The van der Waals surface area contributed by atoms with Crippen molar-refractivity contribution in [2.45, 2.75) is 18.6 Å². The number of alkyl halides is 3. The van der Waals surface area contributed by atoms with Crippen LogP contribution in [-0.4, -0.2) is 63.1 Å². The van der Waals surface area contributed by atoms with Gasteiger partial charge in [-0.15, -0.1) is 11.3 Å². The van der Waals surface area contributed by atoms with Gasteiger partial charge in [-0.2, -0.15) is 18.3 Å². The van der Waals surface area contributed by atoms with Crippen LogP contribution >= 0.6 is 11.3 Å². The molecule has 1 aliphatic rings. The lowest BCUT2D eigenvalue weighted by Gasteiger charge is -2.35. The van der Waals surface area contributed by atoms with E-state index in [-0.39, 0.29) is 11.9 Å². The van der Waals surface area contributed by atoms with Crippen LogP contribution in [0.3, 0.4) is 0 Å². The maximum Gasteiger partial charge on any atom is 0.490 e. The zero-order chi connectivity index (χ0) is 20.2. The molecule has 0 aromatic carbocycles. The van der Waals surface area contributed by atoms with Crippen LogP contribution in [0, 0.1) is 0 Å². The first-order valence-electron chi connectivity index (χ1n) is 7.65. The first-order chi connectivity index (χ1) is 12.7. The van der Waals surface area contributed by atoms with Crippen LogP contribution in [0.2, 0.25) is 0 Å². The highest BCUT2D eigenvalue weighted by molar-refractivity contribution is 7.07. The van der Waals surface area contributed by atoms with E-state index in [0.29, 0.717) is 18.8 Å². The molecule has 2 aromatic rings. The Morgan fingerprint density at radius 1 is 1.44 bits per heavy atom. The van der Waals surface area contributed by atoms with E-state index in [0.717, 1.165) is 12.1 Å². The Morgan fingerprint density at radius 3 is 2.63 bits per heavy atom. The van der Waals surface area contributed by atoms with Gasteiger partial charge in [-0.1, -0.05) is 0 Å². The molecule has 0 radical (unpaired) electrons. The predicted molar refractivity (Wildman–Crippen MR) is 88.4 cm³/mol. The molecule has 3 heterocycles. The Labute approximate surface area is 156 Å². The van der Waals surface area contributed by atoms with E-state index in [1.54, 1.807) is 18.0 Å². The molecule has 1 atom stereocenters. The second-order valence-corrected chi connectivity index (χ2v) is 6.29. The highest BCUT2D eigenvalue weighted by atomic mass is 32.1. The van der Waals surface area contributed by atoms with E-state index in [4.69, 9.17) is 14.6 Å². The van der Waals surface area contributed by atoms with Gasteiger partial charge in [-0.3, -0.25) is 9.48 Å². The van der Waals surface area contributed by atoms with Crippen molar-refractivity contribution in [3.05, 3.63) is 34.0 Å². The van der Waals surface area contributed by atoms with Crippen molar-refractivity contribution in [1.29, 1.82) is 0 Å². The predicted octanol–water partition coefficient (Wildman–Crippen LogP) is 1.90. The number of nitrogens with zero attached hydrogens (tertiary/aromatic N) is 4. The summed E-state index contributed by atoms with van der Waals surface area (Å²) in [7, 11) is 3.55. The number of rotatable bonds is 3. The molecule has 1 aliphatic heterocycles. The number of halogens is 3. The Balaban J connectivity index is 0.000000321. The van der Waals surface area contributed by atoms with Gasteiger partial charge in [0, 0.05) is 26.1 Å². The van der Waals surface area contributed by atoms with Crippen molar-refractivity contribution in [3.63, 3.8) is 0 Å². The Bertz CT molecular complexity index is 792. The number of carbonyl (C=O) groups excluding carboxylic acids is 1. The largest absolute Gasteiger partial charge is 0.490 e. The summed E-state index contributed by atoms with van der Waals surface area (Å²) < 4.78 is 38.9. The maximum atomic E-state index is 12.6. The molecule has 0 spiro atoms. The Kier molecular flexibility index (Phi) is 6.54. The highest BCUT2D eigenvalue weighted by Crippen LogP contribution is 2.30. The fourth-order valence-electron chi connectivity index (χ4n) is 2.69. The van der Waals surface area contributed by atoms with Crippen LogP contribution in [0.1, 0.15) is 27.8 Å². The molecule has 0 aliphatic carbocycles. The van der Waals surface area contributed by atoms with E-state index in [9.17, 15) is 18.0 Å². The third kappa shape index (κ3) is 4.83. The molecule has 0 bridgehead atoms. The monoisotopic (exact) mass is 406 g/mol. The molecule has 3 rings (SSSR count). The minimum Gasteiger partial charge on any atom is -0.475 e. The van der Waals surface area contributed by atoms with Crippen LogP contribution < -0.4 is 0 Å². The molecule has 12 heteroatoms. The minimum absolute atomic E-state index is 0.0415. The van der Waals surface area contributed by atoms with Crippen molar-refractivity contribution in [3.8, 4) is 0 Å². The molecule has 27 heavy (non-hydrogen) atoms. The third-order valence-electron chi connectivity index (χ3n) is 3.86. The highest BCUT2D eigenvalue weighted by Gasteiger charge is 2.38. The number of hydrogen-bond donors (Lipinski definition) is 1. The summed E-state index contributed by atoms with van der Waals surface area (Å²) in [5.41, 5.74) is 4.43. The fraction of sp³-hybridized carbons (Fsp3) is 0.467. The number of carboxylic acids is 1. The zero-order valence-electron chi connectivity index (χ0n) is 14.4. The van der Waals surface area contributed by atoms with Gasteiger partial charge in [0.2, 0.25) is 0 Å². The van der Waals surface area contributed by atoms with Crippen LogP contribution in [-0.2, 0) is 23.0 Å². The van der Waals surface area contributed by atoms with Crippen LogP contribution in [0.25, 0.3) is 0 Å². The van der Waals surface area contributed by atoms with Crippen LogP contribution in [0.15, 0.2) is 17.1 Å². The maximum absolute atomic E-state index is 12.6. The smallest absolute Gasteiger partial charge is 0.475 e. The van der Waals surface area contributed by atoms with Gasteiger partial charge >= 0.3 is 12.1 Å². The van der Waals surface area contributed by atoms with Gasteiger partial charge in [0.05, 0.1) is 30.1 Å². The van der Waals surface area contributed by atoms with E-state index in [1.807, 2.05) is 22.8 Å². The lowest BCUT2D eigenvalue weighted by atomic mass is 10.00. The first kappa shape index (κ1) is 20.8. The Morgan fingerprint density at radius 2 is 2.11 bits per heavy atom. The summed E-state index contributed by atoms with van der Waals surface area (Å²) in [4.78, 5) is 27.4. The van der Waals surface area contributed by atoms with Crippen LogP contribution in [0.4, 0.5) is 13.2 Å². The van der Waals surface area contributed by atoms with Gasteiger partial charge in [-0.05, 0) is 12.0 Å². The van der Waals surface area contributed by atoms with E-state index >= 15 is 0 Å². The average molecular weight is 406 g/mol. The van der Waals surface area contributed by atoms with Gasteiger partial charge in [0.15, 0.2) is 0 Å². The number of aryl methyl sites for hydroxylation is 1. The fourth-order valence-corrected chi connectivity index (χ4v) is 3.22. The lowest BCUT2D eigenvalue weighted by Crippen LogP contribution is -2.42. The van der Waals surface area contributed by atoms with Gasteiger partial charge < -0.3 is 14.7 Å². The Hall–Kier alpha value is -2.47. The molecule has 148 valence electrons. The molecule has 2 aromatic heterocycles. The summed E-state index contributed by atoms with van der Waals surface area (Å²) in [6.45, 7) is 1.13. The lowest BCUT2D eigenvalue weighted by molar-refractivity contribution is -0.192. The third-order valence-corrected chi connectivity index (χ3v) is 4.44. The van der Waals surface area contributed by atoms with Crippen molar-refractivity contribution in [2.75, 3.05) is 20.3 Å². The van der Waals surface area contributed by atoms with Crippen LogP contribution in [0.5, 0.6) is 0 Å². The summed E-state index contributed by atoms with van der Waals surface area (Å²) in [6.07, 6.45) is -2.39. The number of carbonyl (C=O) groups is 2. The molecule has 1 N–H and O–H groups in total. The minimum atomic E-state index is -5.08. The molecule has 0 saturated carbocycles. The first-order valence-corrected chi connectivity index (χ1v) is 8.60. The summed E-state index contributed by atoms with van der Waals surface area (Å²) >= 11 is 1.43. The molecule has 0 fully saturated rings. The molecule has 0 saturated heterocycles. The van der Waals surface area contributed by atoms with Gasteiger partial charge in [0.25, 0.3) is 5.91 Å². The van der Waals surface area contributed by atoms with E-state index in [1.165, 1.54) is 16.9 Å². The molecular formula is C15H17F3N4O4S. The molecular weight excluding hydrogens is 389 g/mol. The molecule has 8 nitrogen and oxygen atoms in total. The quantitative estimate of drug-likeness (QED) is 0.836. The second kappa shape index (κ2) is 8.48. The number of aliphatic carboxylic acids is 1. The number of fused-ring (bicyclic) bond motifs is 1. The molecule has 1 unspecified atom stereocenters. The average Bonchev–Trinajstić information content (AvgIpc) is 3.25. The number of hydrogen-bond acceptors (Lipinski definition) is 6. The SMILES string of the molecule is COCC1c2c(cnn2C)CCN1C(=O)c1cscn1.O=C(O)C(F)(F)F. The van der Waals surface area contributed by atoms with Gasteiger partial charge in [-0.25, -0.2) is 9.78 Å². The summed E-state index contributed by atoms with van der Waals surface area (Å²) in [5, 5.41) is 13.2. The van der Waals surface area contributed by atoms with E-state index in [2.05, 4.69) is 10.1 Å². The normalized spacial score (nSPS) is 16.3. The number of methoxy groups -OCH3 is 1. The number of aromatic nitrogens is 3. The standard InChI is InChI=1S/C13H16N4O2S.C2HF3O2/c1-16-12-9(5-15-16)3-4-17(11(12)6-19-2)13(18)10-7-20-8-14-10;3-2(4,5)1(6)7/h5,7-8,11H,3-4,6H2,1-2H3;(H,6,7). The topological polar surface area (TPSA) is 97.5 Å². The number of ether oxygens (including phenoxy) is 1. The summed E-state index contributed by atoms with van der Waals surface area (Å²) in [6, 6.07) is -0.106. The summed E-state index contributed by atoms with van der Waals surface area (Å²) in [5.74, 6) is -2.80. The number of carboxylic acid groups (broad SMARTS) is 1.